The number of rotatable bonds is 12. The SMILES string of the molecule is Cc1nc(OCC(CC(C)C)Nc2ccc(C(=O)NCCC(=O)O)cc2)ccc1-c1cc2ccccc2o1. The maximum Gasteiger partial charge on any atom is 0.305 e. The number of ether oxygens (including phenoxy) is 1. The van der Waals surface area contributed by atoms with Crippen molar-refractivity contribution in [3.63, 3.8) is 0 Å². The molecule has 8 nitrogen and oxygen atoms in total. The number of carboxylic acids is 1. The predicted octanol–water partition coefficient (Wildman–Crippen LogP) is 5.91. The number of para-hydroxylation sites is 1. The van der Waals surface area contributed by atoms with Crippen LogP contribution in [0.1, 0.15) is 42.7 Å². The lowest BCUT2D eigenvalue weighted by molar-refractivity contribution is -0.136. The maximum absolute atomic E-state index is 12.2. The average molecular weight is 516 g/mol. The number of amides is 1. The zero-order chi connectivity index (χ0) is 27.1. The van der Waals surface area contributed by atoms with Crippen LogP contribution in [0.2, 0.25) is 0 Å². The number of aryl methyl sites for hydroxylation is 1. The normalized spacial score (nSPS) is 11.9. The number of carbonyl (C=O) groups excluding carboxylic acids is 1. The Morgan fingerprint density at radius 3 is 2.50 bits per heavy atom. The van der Waals surface area contributed by atoms with Crippen molar-refractivity contribution in [3.05, 3.63) is 78.0 Å². The van der Waals surface area contributed by atoms with Gasteiger partial charge in [0, 0.05) is 34.8 Å². The van der Waals surface area contributed by atoms with Crippen molar-refractivity contribution in [2.75, 3.05) is 18.5 Å². The summed E-state index contributed by atoms with van der Waals surface area (Å²) in [7, 11) is 0. The molecule has 198 valence electrons. The van der Waals surface area contributed by atoms with Crippen LogP contribution in [0.4, 0.5) is 5.69 Å². The van der Waals surface area contributed by atoms with Gasteiger partial charge in [0.1, 0.15) is 18.0 Å². The van der Waals surface area contributed by atoms with E-state index in [2.05, 4.69) is 29.5 Å². The molecule has 0 aliphatic carbocycles. The zero-order valence-electron chi connectivity index (χ0n) is 21.9. The minimum Gasteiger partial charge on any atom is -0.481 e. The van der Waals surface area contributed by atoms with Crippen molar-refractivity contribution in [2.45, 2.75) is 39.7 Å². The number of pyridine rings is 1. The van der Waals surface area contributed by atoms with Crippen molar-refractivity contribution in [1.82, 2.24) is 10.3 Å². The minimum absolute atomic E-state index is 0.0300. The number of benzene rings is 2. The highest BCUT2D eigenvalue weighted by atomic mass is 16.5. The first-order valence-corrected chi connectivity index (χ1v) is 12.7. The molecular weight excluding hydrogens is 482 g/mol. The van der Waals surface area contributed by atoms with Crippen molar-refractivity contribution in [1.29, 1.82) is 0 Å². The fraction of sp³-hybridized carbons (Fsp3) is 0.300. The van der Waals surface area contributed by atoms with Crippen molar-refractivity contribution >= 4 is 28.5 Å². The number of carbonyl (C=O) groups is 2. The number of hydrogen-bond acceptors (Lipinski definition) is 6. The Morgan fingerprint density at radius 1 is 1.05 bits per heavy atom. The molecule has 0 saturated heterocycles. The highest BCUT2D eigenvalue weighted by molar-refractivity contribution is 5.94. The highest BCUT2D eigenvalue weighted by Gasteiger charge is 2.15. The second-order valence-corrected chi connectivity index (χ2v) is 9.69. The highest BCUT2D eigenvalue weighted by Crippen LogP contribution is 2.30. The first-order chi connectivity index (χ1) is 18.3. The summed E-state index contributed by atoms with van der Waals surface area (Å²) in [5.41, 5.74) is 3.94. The Labute approximate surface area is 222 Å². The van der Waals surface area contributed by atoms with Crippen LogP contribution >= 0.6 is 0 Å². The van der Waals surface area contributed by atoms with Gasteiger partial charge in [-0.2, -0.15) is 0 Å². The summed E-state index contributed by atoms with van der Waals surface area (Å²) in [5.74, 6) is 0.524. The van der Waals surface area contributed by atoms with Crippen LogP contribution in [0.5, 0.6) is 5.88 Å². The van der Waals surface area contributed by atoms with E-state index in [1.807, 2.05) is 61.5 Å². The average Bonchev–Trinajstić information content (AvgIpc) is 3.31. The number of nitrogens with one attached hydrogen (secondary N) is 2. The van der Waals surface area contributed by atoms with Crippen LogP contribution < -0.4 is 15.4 Å². The van der Waals surface area contributed by atoms with Gasteiger partial charge in [0.05, 0.1) is 18.2 Å². The third kappa shape index (κ3) is 7.12. The number of aromatic nitrogens is 1. The molecule has 4 rings (SSSR count). The number of fused-ring (bicyclic) bond motifs is 1. The molecular formula is C30H33N3O5. The molecule has 0 fully saturated rings. The van der Waals surface area contributed by atoms with E-state index in [0.717, 1.165) is 40.1 Å². The summed E-state index contributed by atoms with van der Waals surface area (Å²) in [5, 5.41) is 15.9. The van der Waals surface area contributed by atoms with E-state index in [9.17, 15) is 9.59 Å². The Balaban J connectivity index is 1.37. The molecule has 1 atom stereocenters. The van der Waals surface area contributed by atoms with Crippen molar-refractivity contribution in [3.8, 4) is 17.2 Å². The number of aliphatic carboxylic acids is 1. The van der Waals surface area contributed by atoms with Gasteiger partial charge in [-0.3, -0.25) is 9.59 Å². The van der Waals surface area contributed by atoms with Crippen LogP contribution in [0.15, 0.2) is 71.1 Å². The second kappa shape index (κ2) is 12.3. The zero-order valence-corrected chi connectivity index (χ0v) is 21.9. The number of anilines is 1. The fourth-order valence-corrected chi connectivity index (χ4v) is 4.26. The van der Waals surface area contributed by atoms with Crippen LogP contribution in [0.3, 0.4) is 0 Å². The molecule has 38 heavy (non-hydrogen) atoms. The van der Waals surface area contributed by atoms with Crippen LogP contribution in [0, 0.1) is 12.8 Å². The molecule has 3 N–H and O–H groups in total. The van der Waals surface area contributed by atoms with Gasteiger partial charge in [0.15, 0.2) is 0 Å². The lowest BCUT2D eigenvalue weighted by atomic mass is 10.0. The van der Waals surface area contributed by atoms with Gasteiger partial charge in [-0.15, -0.1) is 0 Å². The molecule has 2 aromatic carbocycles. The lowest BCUT2D eigenvalue weighted by Gasteiger charge is -2.22. The van der Waals surface area contributed by atoms with Gasteiger partial charge < -0.3 is 24.9 Å². The predicted molar refractivity (Wildman–Crippen MR) is 148 cm³/mol. The summed E-state index contributed by atoms with van der Waals surface area (Å²) in [6.07, 6.45) is 0.771. The van der Waals surface area contributed by atoms with Gasteiger partial charge in [-0.05, 0) is 61.7 Å². The summed E-state index contributed by atoms with van der Waals surface area (Å²) in [6, 6.07) is 20.9. The molecule has 0 spiro atoms. The van der Waals surface area contributed by atoms with E-state index in [4.69, 9.17) is 14.3 Å². The largest absolute Gasteiger partial charge is 0.481 e. The summed E-state index contributed by atoms with van der Waals surface area (Å²) in [6.45, 7) is 6.77. The first kappa shape index (κ1) is 26.7. The molecule has 4 aromatic rings. The quantitative estimate of drug-likeness (QED) is 0.215. The van der Waals surface area contributed by atoms with Gasteiger partial charge in [0.25, 0.3) is 5.91 Å². The monoisotopic (exact) mass is 515 g/mol. The third-order valence-corrected chi connectivity index (χ3v) is 6.08. The van der Waals surface area contributed by atoms with Crippen molar-refractivity contribution in [2.24, 2.45) is 5.92 Å². The smallest absolute Gasteiger partial charge is 0.305 e. The molecule has 0 aliphatic rings. The summed E-state index contributed by atoms with van der Waals surface area (Å²) < 4.78 is 12.1. The van der Waals surface area contributed by atoms with Crippen LogP contribution in [-0.4, -0.2) is 41.2 Å². The molecule has 2 aromatic heterocycles. The molecule has 2 heterocycles. The van der Waals surface area contributed by atoms with E-state index in [0.29, 0.717) is 24.0 Å². The lowest BCUT2D eigenvalue weighted by Crippen LogP contribution is -2.29. The molecule has 1 unspecified atom stereocenters. The standard InChI is InChI=1S/C30H33N3O5/c1-19(2)16-24(33-23-10-8-21(9-11-23)30(36)31-15-14-29(34)35)18-37-28-13-12-25(20(3)32-28)27-17-22-6-4-5-7-26(22)38-27/h4-13,17,19,24,33H,14-16,18H2,1-3H3,(H,31,36)(H,34,35). The Hall–Kier alpha value is -4.33. The fourth-order valence-electron chi connectivity index (χ4n) is 4.26. The van der Waals surface area contributed by atoms with E-state index in [1.54, 1.807) is 12.1 Å². The Morgan fingerprint density at radius 2 is 1.82 bits per heavy atom. The number of nitrogens with zero attached hydrogens (tertiary/aromatic N) is 1. The molecule has 0 saturated carbocycles. The molecule has 0 radical (unpaired) electrons. The maximum atomic E-state index is 12.2. The number of carboxylic acid groups (broad SMARTS) is 1. The van der Waals surface area contributed by atoms with Gasteiger partial charge in [0.2, 0.25) is 5.88 Å². The first-order valence-electron chi connectivity index (χ1n) is 12.7. The minimum atomic E-state index is -0.948. The second-order valence-electron chi connectivity index (χ2n) is 9.69. The third-order valence-electron chi connectivity index (χ3n) is 6.08. The number of furan rings is 1. The molecule has 1 amide bonds. The molecule has 8 heteroatoms. The van der Waals surface area contributed by atoms with E-state index in [-0.39, 0.29) is 24.9 Å². The van der Waals surface area contributed by atoms with Gasteiger partial charge >= 0.3 is 5.97 Å². The van der Waals surface area contributed by atoms with Crippen LogP contribution in [-0.2, 0) is 4.79 Å². The van der Waals surface area contributed by atoms with E-state index in [1.165, 1.54) is 0 Å². The van der Waals surface area contributed by atoms with Crippen molar-refractivity contribution < 1.29 is 23.8 Å². The summed E-state index contributed by atoms with van der Waals surface area (Å²) >= 11 is 0. The summed E-state index contributed by atoms with van der Waals surface area (Å²) in [4.78, 5) is 27.5. The number of hydrogen-bond donors (Lipinski definition) is 3. The Kier molecular flexibility index (Phi) is 8.63. The van der Waals surface area contributed by atoms with Gasteiger partial charge in [-0.25, -0.2) is 4.98 Å². The Bertz CT molecular complexity index is 1360. The van der Waals surface area contributed by atoms with E-state index < -0.39 is 5.97 Å². The van der Waals surface area contributed by atoms with Crippen LogP contribution in [0.25, 0.3) is 22.3 Å². The van der Waals surface area contributed by atoms with Gasteiger partial charge in [-0.1, -0.05) is 32.0 Å². The molecule has 0 bridgehead atoms. The topological polar surface area (TPSA) is 114 Å². The van der Waals surface area contributed by atoms with E-state index >= 15 is 0 Å². The molecule has 0 aliphatic heterocycles.